The molecule has 19 rings (SSSR count). The molecule has 0 bridgehead atoms. The van der Waals surface area contributed by atoms with Crippen LogP contribution in [-0.4, -0.2) is 19.1 Å². The quantitative estimate of drug-likeness (QED) is 0.135. The first-order valence-corrected chi connectivity index (χ1v) is 32.9. The fourth-order valence-electron chi connectivity index (χ4n) is 17.0. The summed E-state index contributed by atoms with van der Waals surface area (Å²) in [5, 5.41) is 15.7. The Bertz CT molecular complexity index is 6030. The van der Waals surface area contributed by atoms with Crippen LogP contribution in [0.25, 0.3) is 160 Å². The molecule has 2 aliphatic rings. The van der Waals surface area contributed by atoms with Crippen LogP contribution in [-0.2, 0) is 23.8 Å². The lowest BCUT2D eigenvalue weighted by atomic mass is 9.78. The molecule has 2 aliphatic carbocycles. The van der Waals surface area contributed by atoms with Gasteiger partial charge in [-0.05, 0) is 210 Å². The topological polar surface area (TPSA) is 35.6 Å². The standard InChI is InChI=1S/C89H64N4/c1-88(2)74-52-71(62-34-9-13-37-65(62)80(74)82-67-39-15-8-32-60(67)61-33-11-16-40-69(61)84(82)88)55-26-22-28-57(50-55)86-90-76-42-18-20-44-78(76)92(86)48-24-25-54-46-47-68-73(49-54)64-36-12-17-41-70(64)85-83(68)81-66-38-14-10-35-63(66)72(53-75(81)89(85,3)4)56-27-23-29-58(51-56)87-91-77-43-19-21-45-79(77)93(87)59-30-6-5-7-31-59/h5-23,26-47,49-53H,24-25,48H2,1-4H3. The Kier molecular flexibility index (Phi) is 11.6. The van der Waals surface area contributed by atoms with Gasteiger partial charge in [0.2, 0.25) is 0 Å². The Morgan fingerprint density at radius 1 is 0.312 bits per heavy atom. The van der Waals surface area contributed by atoms with E-state index in [4.69, 9.17) is 9.97 Å². The number of aryl methyl sites for hydroxylation is 2. The number of hydrogen-bond donors (Lipinski definition) is 0. The highest BCUT2D eigenvalue weighted by molar-refractivity contribution is 6.24. The summed E-state index contributed by atoms with van der Waals surface area (Å²) in [6, 6.07) is 104. The molecule has 0 atom stereocenters. The summed E-state index contributed by atoms with van der Waals surface area (Å²) >= 11 is 0. The number of hydrogen-bond acceptors (Lipinski definition) is 2. The largest absolute Gasteiger partial charge is 0.324 e. The smallest absolute Gasteiger partial charge is 0.145 e. The van der Waals surface area contributed by atoms with Crippen molar-refractivity contribution in [3.63, 3.8) is 0 Å². The molecule has 0 N–H and O–H groups in total. The molecule has 0 radical (unpaired) electrons. The molecular weight excluding hydrogens is 1130 g/mol. The number of nitrogens with zero attached hydrogens (tertiary/aromatic N) is 4. The molecule has 0 saturated heterocycles. The number of fused-ring (bicyclic) bond motifs is 22. The Balaban J connectivity index is 0.681. The normalized spacial score (nSPS) is 13.7. The third-order valence-electron chi connectivity index (χ3n) is 21.1. The van der Waals surface area contributed by atoms with Gasteiger partial charge < -0.3 is 4.57 Å². The van der Waals surface area contributed by atoms with E-state index in [2.05, 4.69) is 316 Å². The molecule has 17 aromatic rings. The van der Waals surface area contributed by atoms with Crippen molar-refractivity contribution in [3.8, 4) is 73.0 Å². The van der Waals surface area contributed by atoms with Crippen LogP contribution in [0.1, 0.15) is 61.9 Å². The second kappa shape index (κ2) is 20.1. The van der Waals surface area contributed by atoms with Crippen molar-refractivity contribution in [3.05, 3.63) is 307 Å². The molecule has 0 spiro atoms. The second-order valence-corrected chi connectivity index (χ2v) is 27.0. The summed E-state index contributed by atoms with van der Waals surface area (Å²) in [7, 11) is 0. The monoisotopic (exact) mass is 1190 g/mol. The van der Waals surface area contributed by atoms with Crippen molar-refractivity contribution in [2.45, 2.75) is 57.9 Å². The van der Waals surface area contributed by atoms with Gasteiger partial charge in [0.05, 0.1) is 22.1 Å². The van der Waals surface area contributed by atoms with E-state index in [0.717, 1.165) is 69.9 Å². The number of imidazole rings is 2. The zero-order chi connectivity index (χ0) is 61.8. The van der Waals surface area contributed by atoms with Crippen molar-refractivity contribution < 1.29 is 0 Å². The molecule has 2 aromatic heterocycles. The molecular formula is C89H64N4. The van der Waals surface area contributed by atoms with Gasteiger partial charge in [-0.1, -0.05) is 246 Å². The van der Waals surface area contributed by atoms with E-state index in [9.17, 15) is 0 Å². The van der Waals surface area contributed by atoms with E-state index >= 15 is 0 Å². The summed E-state index contributed by atoms with van der Waals surface area (Å²) in [4.78, 5) is 10.7. The summed E-state index contributed by atoms with van der Waals surface area (Å²) in [5.74, 6) is 1.93. The van der Waals surface area contributed by atoms with Gasteiger partial charge in [0.25, 0.3) is 0 Å². The number of para-hydroxylation sites is 5. The highest BCUT2D eigenvalue weighted by Crippen LogP contribution is 2.60. The molecule has 0 amide bonds. The summed E-state index contributed by atoms with van der Waals surface area (Å²) in [6.07, 6.45) is 1.87. The summed E-state index contributed by atoms with van der Waals surface area (Å²) in [6.45, 7) is 10.6. The van der Waals surface area contributed by atoms with Gasteiger partial charge >= 0.3 is 0 Å². The average Bonchev–Trinajstić information content (AvgIpc) is 1.55. The minimum Gasteiger partial charge on any atom is -0.324 e. The van der Waals surface area contributed by atoms with Crippen LogP contribution < -0.4 is 0 Å². The Morgan fingerprint density at radius 2 is 0.731 bits per heavy atom. The van der Waals surface area contributed by atoms with Crippen LogP contribution >= 0.6 is 0 Å². The lowest BCUT2D eigenvalue weighted by Gasteiger charge is -2.25. The number of benzene rings is 15. The van der Waals surface area contributed by atoms with Gasteiger partial charge in [0.1, 0.15) is 11.6 Å². The van der Waals surface area contributed by atoms with Crippen LogP contribution in [0.5, 0.6) is 0 Å². The van der Waals surface area contributed by atoms with E-state index in [1.165, 1.54) is 137 Å². The predicted molar refractivity (Wildman–Crippen MR) is 391 cm³/mol. The van der Waals surface area contributed by atoms with E-state index in [-0.39, 0.29) is 10.8 Å². The van der Waals surface area contributed by atoms with Crippen LogP contribution in [0.4, 0.5) is 0 Å². The maximum atomic E-state index is 5.45. The maximum absolute atomic E-state index is 5.45. The molecule has 0 unspecified atom stereocenters. The Morgan fingerprint density at radius 3 is 1.31 bits per heavy atom. The predicted octanol–water partition coefficient (Wildman–Crippen LogP) is 23.2. The molecule has 4 nitrogen and oxygen atoms in total. The minimum atomic E-state index is -0.288. The molecule has 0 aliphatic heterocycles. The lowest BCUT2D eigenvalue weighted by Crippen LogP contribution is -2.16. The second-order valence-electron chi connectivity index (χ2n) is 27.0. The van der Waals surface area contributed by atoms with Crippen molar-refractivity contribution in [2.24, 2.45) is 0 Å². The SMILES string of the molecule is CC1(C)c2cc(-c3cccc(-c4nc5ccccc5n4CCCc4ccc5c6c(c7ccccc7c5c4)C(C)(C)c4cc(-c5cccc(-c7nc8ccccc8n7-c7ccccc7)c5)c5ccccc5c4-6)c3)c3ccccc3c2-c2c1c1ccccc1c1ccccc21. The zero-order valence-corrected chi connectivity index (χ0v) is 52.5. The van der Waals surface area contributed by atoms with Gasteiger partial charge in [-0.2, -0.15) is 0 Å². The zero-order valence-electron chi connectivity index (χ0n) is 52.5. The molecule has 93 heavy (non-hydrogen) atoms. The van der Waals surface area contributed by atoms with Gasteiger partial charge in [-0.25, -0.2) is 9.97 Å². The van der Waals surface area contributed by atoms with Gasteiger partial charge in [-0.3, -0.25) is 4.57 Å². The van der Waals surface area contributed by atoms with E-state index < -0.39 is 0 Å². The maximum Gasteiger partial charge on any atom is 0.145 e. The van der Waals surface area contributed by atoms with E-state index in [0.29, 0.717) is 0 Å². The minimum absolute atomic E-state index is 0.235. The van der Waals surface area contributed by atoms with Crippen molar-refractivity contribution in [2.75, 3.05) is 0 Å². The molecule has 2 heterocycles. The van der Waals surface area contributed by atoms with Crippen LogP contribution in [0, 0.1) is 0 Å². The highest BCUT2D eigenvalue weighted by Gasteiger charge is 2.42. The van der Waals surface area contributed by atoms with Crippen LogP contribution in [0.15, 0.2) is 279 Å². The lowest BCUT2D eigenvalue weighted by molar-refractivity contribution is 0.663. The summed E-state index contributed by atoms with van der Waals surface area (Å²) < 4.78 is 4.78. The first-order valence-electron chi connectivity index (χ1n) is 32.9. The van der Waals surface area contributed by atoms with Gasteiger partial charge in [-0.15, -0.1) is 0 Å². The molecule has 0 fully saturated rings. The van der Waals surface area contributed by atoms with E-state index in [1.807, 2.05) is 0 Å². The van der Waals surface area contributed by atoms with Gasteiger partial charge in [0, 0.05) is 34.2 Å². The molecule has 15 aromatic carbocycles. The third-order valence-corrected chi connectivity index (χ3v) is 21.1. The van der Waals surface area contributed by atoms with Crippen LogP contribution in [0.3, 0.4) is 0 Å². The molecule has 0 saturated carbocycles. The van der Waals surface area contributed by atoms with Crippen molar-refractivity contribution in [1.29, 1.82) is 0 Å². The van der Waals surface area contributed by atoms with E-state index in [1.54, 1.807) is 0 Å². The van der Waals surface area contributed by atoms with Gasteiger partial charge in [0.15, 0.2) is 0 Å². The van der Waals surface area contributed by atoms with Crippen LogP contribution in [0.2, 0.25) is 0 Å². The Labute approximate surface area is 540 Å². The molecule has 440 valence electrons. The fourth-order valence-corrected chi connectivity index (χ4v) is 17.0. The Hall–Kier alpha value is -11.2. The first-order chi connectivity index (χ1) is 45.7. The fraction of sp³-hybridized carbons (Fsp3) is 0.101. The number of aromatic nitrogens is 4. The first kappa shape index (κ1) is 53.6. The summed E-state index contributed by atoms with van der Waals surface area (Å²) in [5.41, 5.74) is 24.3. The van der Waals surface area contributed by atoms with Crippen molar-refractivity contribution in [1.82, 2.24) is 19.1 Å². The van der Waals surface area contributed by atoms with Crippen molar-refractivity contribution >= 4 is 86.7 Å². The third kappa shape index (κ3) is 7.85. The number of rotatable bonds is 9. The highest BCUT2D eigenvalue weighted by atomic mass is 15.1. The molecule has 4 heteroatoms. The average molecular weight is 1190 g/mol.